The molecule has 0 nitrogen and oxygen atoms in total. The van der Waals surface area contributed by atoms with E-state index < -0.39 is 0 Å². The predicted molar refractivity (Wildman–Crippen MR) is 75.6 cm³/mol. The van der Waals surface area contributed by atoms with Crippen LogP contribution in [0.3, 0.4) is 0 Å². The van der Waals surface area contributed by atoms with Crippen molar-refractivity contribution in [2.45, 2.75) is 41.0 Å². The molecule has 0 aromatic heterocycles. The van der Waals surface area contributed by atoms with Gasteiger partial charge in [0.25, 0.3) is 0 Å². The first kappa shape index (κ1) is 14.7. The number of hydrogen-bond donors (Lipinski definition) is 0. The van der Waals surface area contributed by atoms with Crippen LogP contribution in [0, 0.1) is 6.92 Å². The second-order valence-electron chi connectivity index (χ2n) is 3.43. The van der Waals surface area contributed by atoms with Gasteiger partial charge < -0.3 is 0 Å². The van der Waals surface area contributed by atoms with E-state index in [1.54, 1.807) is 0 Å². The van der Waals surface area contributed by atoms with E-state index in [0.717, 1.165) is 6.42 Å². The quantitative estimate of drug-likeness (QED) is 0.594. The first-order valence-electron chi connectivity index (χ1n) is 6.17. The summed E-state index contributed by atoms with van der Waals surface area (Å²) in [5, 5.41) is 0. The van der Waals surface area contributed by atoms with Gasteiger partial charge in [-0.15, -0.1) is 0 Å². The molecular weight excluding hydrogens is 192 g/mol. The van der Waals surface area contributed by atoms with E-state index in [-0.39, 0.29) is 0 Å². The molecule has 0 saturated carbocycles. The third kappa shape index (κ3) is 4.97. The van der Waals surface area contributed by atoms with Gasteiger partial charge in [0.2, 0.25) is 0 Å². The molecule has 1 rings (SSSR count). The second kappa shape index (κ2) is 8.96. The lowest BCUT2D eigenvalue weighted by atomic mass is 10.0. The highest BCUT2D eigenvalue weighted by molar-refractivity contribution is 5.73. The molecule has 1 aromatic carbocycles. The van der Waals surface area contributed by atoms with E-state index in [1.165, 1.54) is 16.7 Å². The van der Waals surface area contributed by atoms with E-state index in [0.29, 0.717) is 0 Å². The lowest BCUT2D eigenvalue weighted by Crippen LogP contribution is -1.81. The number of rotatable bonds is 3. The molecule has 0 radical (unpaired) electrons. The van der Waals surface area contributed by atoms with Crippen molar-refractivity contribution in [1.82, 2.24) is 0 Å². The van der Waals surface area contributed by atoms with E-state index in [2.05, 4.69) is 63.3 Å². The Morgan fingerprint density at radius 2 is 1.69 bits per heavy atom. The van der Waals surface area contributed by atoms with Crippen molar-refractivity contribution in [2.24, 2.45) is 0 Å². The molecule has 0 atom stereocenters. The van der Waals surface area contributed by atoms with Crippen molar-refractivity contribution >= 4 is 5.57 Å². The van der Waals surface area contributed by atoms with Crippen molar-refractivity contribution in [3.05, 3.63) is 53.6 Å². The number of hydrogen-bond acceptors (Lipinski definition) is 0. The Morgan fingerprint density at radius 3 is 2.12 bits per heavy atom. The normalized spacial score (nSPS) is 11.2. The minimum atomic E-state index is 1.08. The maximum Gasteiger partial charge on any atom is -0.0187 e. The van der Waals surface area contributed by atoms with Gasteiger partial charge in [0.15, 0.2) is 0 Å². The maximum absolute atomic E-state index is 2.25. The highest BCUT2D eigenvalue weighted by atomic mass is 14.0. The van der Waals surface area contributed by atoms with Crippen LogP contribution < -0.4 is 0 Å². The van der Waals surface area contributed by atoms with E-state index in [9.17, 15) is 0 Å². The van der Waals surface area contributed by atoms with Crippen LogP contribution in [-0.2, 0) is 0 Å². The Bertz CT molecular complexity index is 326. The van der Waals surface area contributed by atoms with E-state index in [1.807, 2.05) is 13.8 Å². The predicted octanol–water partition coefficient (Wildman–Crippen LogP) is 5.39. The zero-order valence-corrected chi connectivity index (χ0v) is 11.2. The molecule has 0 heterocycles. The van der Waals surface area contributed by atoms with Gasteiger partial charge in [0.05, 0.1) is 0 Å². The average molecular weight is 216 g/mol. The topological polar surface area (TPSA) is 0 Å². The van der Waals surface area contributed by atoms with Gasteiger partial charge in [-0.05, 0) is 31.4 Å². The van der Waals surface area contributed by atoms with Gasteiger partial charge >= 0.3 is 0 Å². The van der Waals surface area contributed by atoms with Crippen LogP contribution in [0.2, 0.25) is 0 Å². The zero-order chi connectivity index (χ0) is 12.4. The molecule has 16 heavy (non-hydrogen) atoms. The van der Waals surface area contributed by atoms with Crippen LogP contribution in [-0.4, -0.2) is 0 Å². The maximum atomic E-state index is 2.25. The Balaban J connectivity index is 0.00000106. The summed E-state index contributed by atoms with van der Waals surface area (Å²) in [5.41, 5.74) is 3.93. The van der Waals surface area contributed by atoms with Crippen LogP contribution in [0.15, 0.2) is 42.5 Å². The number of allylic oxidation sites excluding steroid dienone is 4. The SMILES string of the molecule is C/C=C\C(=C/CC)c1ccc(C)cc1.CC. The summed E-state index contributed by atoms with van der Waals surface area (Å²) in [7, 11) is 0. The van der Waals surface area contributed by atoms with Crippen LogP contribution >= 0.6 is 0 Å². The Hall–Kier alpha value is -1.30. The van der Waals surface area contributed by atoms with Gasteiger partial charge in [-0.25, -0.2) is 0 Å². The molecule has 0 amide bonds. The Kier molecular flexibility index (Phi) is 8.24. The molecule has 0 unspecified atom stereocenters. The number of benzene rings is 1. The molecule has 0 bridgehead atoms. The van der Waals surface area contributed by atoms with Gasteiger partial charge in [-0.2, -0.15) is 0 Å². The molecule has 0 spiro atoms. The van der Waals surface area contributed by atoms with Gasteiger partial charge in [0.1, 0.15) is 0 Å². The number of aryl methyl sites for hydroxylation is 1. The summed E-state index contributed by atoms with van der Waals surface area (Å²) < 4.78 is 0. The molecule has 0 aliphatic heterocycles. The molecule has 0 N–H and O–H groups in total. The largest absolute Gasteiger partial charge is 0.0871 e. The first-order chi connectivity index (χ1) is 7.77. The highest BCUT2D eigenvalue weighted by Gasteiger charge is 1.95. The van der Waals surface area contributed by atoms with Crippen LogP contribution in [0.5, 0.6) is 0 Å². The average Bonchev–Trinajstić information content (AvgIpc) is 2.32. The van der Waals surface area contributed by atoms with Crippen molar-refractivity contribution in [3.63, 3.8) is 0 Å². The third-order valence-corrected chi connectivity index (χ3v) is 2.16. The Morgan fingerprint density at radius 1 is 1.12 bits per heavy atom. The molecular formula is C16H24. The van der Waals surface area contributed by atoms with E-state index >= 15 is 0 Å². The minimum Gasteiger partial charge on any atom is -0.0871 e. The van der Waals surface area contributed by atoms with Crippen molar-refractivity contribution in [1.29, 1.82) is 0 Å². The third-order valence-electron chi connectivity index (χ3n) is 2.16. The van der Waals surface area contributed by atoms with Gasteiger partial charge in [0, 0.05) is 0 Å². The summed E-state index contributed by atoms with van der Waals surface area (Å²) in [6.07, 6.45) is 7.58. The first-order valence-corrected chi connectivity index (χ1v) is 6.17. The monoisotopic (exact) mass is 216 g/mol. The fourth-order valence-electron chi connectivity index (χ4n) is 1.43. The standard InChI is InChI=1S/C14H18.C2H6/c1-4-6-13(7-5-2)14-10-8-12(3)9-11-14;1-2/h4,6-11H,5H2,1-3H3;1-2H3/b6-4-,13-7+;. The zero-order valence-electron chi connectivity index (χ0n) is 11.2. The van der Waals surface area contributed by atoms with Gasteiger partial charge in [-0.3, -0.25) is 0 Å². The van der Waals surface area contributed by atoms with Crippen molar-refractivity contribution in [2.75, 3.05) is 0 Å². The van der Waals surface area contributed by atoms with Crippen molar-refractivity contribution in [3.8, 4) is 0 Å². The summed E-state index contributed by atoms with van der Waals surface area (Å²) in [4.78, 5) is 0. The van der Waals surface area contributed by atoms with Crippen molar-refractivity contribution < 1.29 is 0 Å². The summed E-state index contributed by atoms with van der Waals surface area (Å²) >= 11 is 0. The van der Waals surface area contributed by atoms with Gasteiger partial charge in [-0.1, -0.05) is 68.8 Å². The molecule has 0 saturated heterocycles. The van der Waals surface area contributed by atoms with Crippen LogP contribution in [0.1, 0.15) is 45.2 Å². The molecule has 1 aromatic rings. The highest BCUT2D eigenvalue weighted by Crippen LogP contribution is 2.17. The lowest BCUT2D eigenvalue weighted by molar-refractivity contribution is 1.23. The van der Waals surface area contributed by atoms with Crippen LogP contribution in [0.25, 0.3) is 5.57 Å². The van der Waals surface area contributed by atoms with E-state index in [4.69, 9.17) is 0 Å². The second-order valence-corrected chi connectivity index (χ2v) is 3.43. The minimum absolute atomic E-state index is 1.08. The molecule has 0 fully saturated rings. The summed E-state index contributed by atoms with van der Waals surface area (Å²) in [5.74, 6) is 0. The lowest BCUT2D eigenvalue weighted by Gasteiger charge is -2.02. The fraction of sp³-hybridized carbons (Fsp3) is 0.375. The molecule has 0 aliphatic carbocycles. The molecule has 88 valence electrons. The summed E-state index contributed by atoms with van der Waals surface area (Å²) in [6.45, 7) is 10.3. The fourth-order valence-corrected chi connectivity index (χ4v) is 1.43. The van der Waals surface area contributed by atoms with Crippen LogP contribution in [0.4, 0.5) is 0 Å². The molecule has 0 heteroatoms. The summed E-state index contributed by atoms with van der Waals surface area (Å²) in [6, 6.07) is 8.66. The smallest absolute Gasteiger partial charge is 0.0187 e. The molecule has 0 aliphatic rings. The Labute approximate surface area is 101 Å².